The summed E-state index contributed by atoms with van der Waals surface area (Å²) in [7, 11) is 0. The number of rotatable bonds is 14. The minimum absolute atomic E-state index is 0.212. The van der Waals surface area contributed by atoms with Crippen molar-refractivity contribution in [3.8, 4) is 0 Å². The molecule has 4 amide bonds. The first-order chi connectivity index (χ1) is 26.5. The molecule has 0 saturated carbocycles. The molecule has 0 spiro atoms. The zero-order valence-electron chi connectivity index (χ0n) is 30.0. The first-order valence-electron chi connectivity index (χ1n) is 18.0. The summed E-state index contributed by atoms with van der Waals surface area (Å²) in [6, 6.07) is 15.1. The fourth-order valence-electron chi connectivity index (χ4n) is 7.71. The van der Waals surface area contributed by atoms with E-state index in [0.29, 0.717) is 29.2 Å². The second kappa shape index (κ2) is 16.4. The van der Waals surface area contributed by atoms with E-state index in [0.717, 1.165) is 10.4 Å². The number of thioether (sulfide) groups is 2. The molecule has 4 saturated heterocycles. The highest BCUT2D eigenvalue weighted by atomic mass is 32.2. The highest BCUT2D eigenvalue weighted by Crippen LogP contribution is 2.42. The Labute approximate surface area is 330 Å². The molecular weight excluding hydrogens is 765 g/mol. The fraction of sp³-hybridized carbons (Fsp3) is 0.421. The Kier molecular flexibility index (Phi) is 11.6. The van der Waals surface area contributed by atoms with Gasteiger partial charge in [0.05, 0.1) is 0 Å². The third-order valence-electron chi connectivity index (χ3n) is 10.6. The highest BCUT2D eigenvalue weighted by Gasteiger charge is 2.58. The summed E-state index contributed by atoms with van der Waals surface area (Å²) in [6.45, 7) is 4.19. The second-order valence-electron chi connectivity index (χ2n) is 14.3. The quantitative estimate of drug-likeness (QED) is 0.130. The van der Waals surface area contributed by atoms with Gasteiger partial charge in [-0.05, 0) is 40.0 Å². The van der Waals surface area contributed by atoms with Gasteiger partial charge in [-0.1, -0.05) is 74.5 Å². The third-order valence-corrected chi connectivity index (χ3v) is 14.7. The van der Waals surface area contributed by atoms with Gasteiger partial charge < -0.3 is 30.6 Å². The lowest BCUT2D eigenvalue weighted by atomic mass is 9.94. The van der Waals surface area contributed by atoms with Crippen molar-refractivity contribution in [3.63, 3.8) is 0 Å². The molecule has 10 atom stereocenters. The Hall–Kier alpha value is -4.42. The van der Waals surface area contributed by atoms with Crippen molar-refractivity contribution < 1.29 is 39.0 Å². The standard InChI is InChI=1S/C38H42N6O8S3/c1-19-17-54-35-27(33(47)43(35)29(19)37(49)50)41-31(45)25(21-9-5-3-6-10-21)39-15-23-13-14-53-24(23)16-40-26(22-11-7-4-8-12-22)32(46)42-28-34(48)44-30(38(51)52)20(2)18-55-36(28)44/h3-14,19-20,25-30,35-36,39-40H,15-18H2,1-2H3,(H,41,45)(H,42,46)(H,49,50)(H,51,52)/t19?,20?,25-,26+,27?,28?,29?,30?,35?,36?/m0/s1. The van der Waals surface area contributed by atoms with E-state index < -0.39 is 82.6 Å². The maximum atomic E-state index is 13.9. The van der Waals surface area contributed by atoms with Crippen molar-refractivity contribution in [2.45, 2.75) is 73.9 Å². The summed E-state index contributed by atoms with van der Waals surface area (Å²) < 4.78 is 0. The summed E-state index contributed by atoms with van der Waals surface area (Å²) in [5, 5.41) is 33.0. The maximum Gasteiger partial charge on any atom is 0.326 e. The Balaban J connectivity index is 1.01. The van der Waals surface area contributed by atoms with Crippen LogP contribution in [0.2, 0.25) is 0 Å². The molecule has 0 radical (unpaired) electrons. The number of benzene rings is 2. The van der Waals surface area contributed by atoms with Gasteiger partial charge in [-0.3, -0.25) is 29.8 Å². The van der Waals surface area contributed by atoms with E-state index in [9.17, 15) is 39.0 Å². The van der Waals surface area contributed by atoms with Crippen LogP contribution in [0.1, 0.15) is 47.5 Å². The lowest BCUT2D eigenvalue weighted by molar-refractivity contribution is -0.165. The van der Waals surface area contributed by atoms with E-state index in [4.69, 9.17) is 0 Å². The normalized spacial score (nSPS) is 28.1. The largest absolute Gasteiger partial charge is 0.480 e. The van der Waals surface area contributed by atoms with Crippen LogP contribution in [0.3, 0.4) is 0 Å². The number of hydrogen-bond donors (Lipinski definition) is 6. The van der Waals surface area contributed by atoms with Gasteiger partial charge in [0.25, 0.3) is 0 Å². The molecule has 290 valence electrons. The third kappa shape index (κ3) is 7.59. The number of carboxylic acids is 2. The van der Waals surface area contributed by atoms with Gasteiger partial charge in [0.2, 0.25) is 23.6 Å². The van der Waals surface area contributed by atoms with Gasteiger partial charge >= 0.3 is 11.9 Å². The smallest absolute Gasteiger partial charge is 0.326 e. The van der Waals surface area contributed by atoms with Crippen molar-refractivity contribution in [2.24, 2.45) is 11.8 Å². The average molecular weight is 807 g/mol. The number of nitrogens with zero attached hydrogens (tertiary/aromatic N) is 2. The molecule has 7 rings (SSSR count). The number of thiophene rings is 1. The van der Waals surface area contributed by atoms with Crippen molar-refractivity contribution in [1.29, 1.82) is 0 Å². The number of nitrogens with one attached hydrogen (secondary N) is 4. The summed E-state index contributed by atoms with van der Waals surface area (Å²) in [6.07, 6.45) is 0. The van der Waals surface area contributed by atoms with Gasteiger partial charge in [0.1, 0.15) is 47.0 Å². The molecule has 6 N–H and O–H groups in total. The van der Waals surface area contributed by atoms with Gasteiger partial charge in [-0.2, -0.15) is 0 Å². The van der Waals surface area contributed by atoms with Crippen molar-refractivity contribution >= 4 is 70.4 Å². The van der Waals surface area contributed by atoms with Crippen LogP contribution in [0, 0.1) is 11.8 Å². The van der Waals surface area contributed by atoms with E-state index in [1.54, 1.807) is 13.8 Å². The van der Waals surface area contributed by atoms with Crippen LogP contribution in [-0.2, 0) is 41.9 Å². The van der Waals surface area contributed by atoms with Crippen molar-refractivity contribution in [1.82, 2.24) is 31.1 Å². The molecule has 2 aromatic carbocycles. The zero-order chi connectivity index (χ0) is 39.0. The molecule has 0 bridgehead atoms. The number of carbonyl (C=O) groups is 6. The van der Waals surface area contributed by atoms with E-state index >= 15 is 0 Å². The molecule has 1 aromatic heterocycles. The van der Waals surface area contributed by atoms with E-state index in [1.807, 2.05) is 72.1 Å². The summed E-state index contributed by atoms with van der Waals surface area (Å²) >= 11 is 4.43. The van der Waals surface area contributed by atoms with Crippen LogP contribution in [0.15, 0.2) is 72.1 Å². The molecule has 8 unspecified atom stereocenters. The molecule has 3 aromatic rings. The first-order valence-corrected chi connectivity index (χ1v) is 21.0. The molecule has 55 heavy (non-hydrogen) atoms. The SMILES string of the molecule is CC1CSC2C(NC(=O)[C@@H](NCc3ccsc3CN[C@@H](C(=O)NC3C(=O)N4C3SCC(C)C4C(=O)O)c3ccccc3)c3ccccc3)C(=O)N2C1C(=O)O. The number of carboxylic acid groups (broad SMARTS) is 2. The highest BCUT2D eigenvalue weighted by molar-refractivity contribution is 8.00. The predicted octanol–water partition coefficient (Wildman–Crippen LogP) is 2.39. The second-order valence-corrected chi connectivity index (χ2v) is 17.6. The van der Waals surface area contributed by atoms with Crippen LogP contribution in [0.25, 0.3) is 0 Å². The minimum atomic E-state index is -1.05. The van der Waals surface area contributed by atoms with Crippen LogP contribution < -0.4 is 21.3 Å². The molecule has 4 fully saturated rings. The first kappa shape index (κ1) is 38.8. The topological polar surface area (TPSA) is 197 Å². The molecule has 17 heteroatoms. The van der Waals surface area contributed by atoms with Crippen LogP contribution in [0.4, 0.5) is 0 Å². The molecule has 4 aliphatic rings. The number of amides is 4. The van der Waals surface area contributed by atoms with Crippen molar-refractivity contribution in [2.75, 3.05) is 11.5 Å². The molecule has 4 aliphatic heterocycles. The Morgan fingerprint density at radius 2 is 1.13 bits per heavy atom. The molecule has 5 heterocycles. The van der Waals surface area contributed by atoms with Gasteiger partial charge in [0.15, 0.2) is 0 Å². The van der Waals surface area contributed by atoms with Gasteiger partial charge in [-0.25, -0.2) is 9.59 Å². The Bertz CT molecular complexity index is 1820. The lowest BCUT2D eigenvalue weighted by Gasteiger charge is -2.53. The van der Waals surface area contributed by atoms with Gasteiger partial charge in [-0.15, -0.1) is 34.9 Å². The van der Waals surface area contributed by atoms with Crippen LogP contribution in [-0.4, -0.2) is 102 Å². The zero-order valence-corrected chi connectivity index (χ0v) is 32.4. The Morgan fingerprint density at radius 3 is 1.56 bits per heavy atom. The van der Waals surface area contributed by atoms with E-state index in [1.165, 1.54) is 44.7 Å². The fourth-order valence-corrected chi connectivity index (χ4v) is 11.5. The molecule has 0 aliphatic carbocycles. The van der Waals surface area contributed by atoms with Crippen molar-refractivity contribution in [3.05, 3.63) is 93.7 Å². The molecule has 14 nitrogen and oxygen atoms in total. The van der Waals surface area contributed by atoms with Crippen LogP contribution in [0.5, 0.6) is 0 Å². The lowest BCUT2D eigenvalue weighted by Crippen LogP contribution is -2.75. The summed E-state index contributed by atoms with van der Waals surface area (Å²) in [5.74, 6) is -3.03. The number of carbonyl (C=O) groups excluding carboxylic acids is 4. The van der Waals surface area contributed by atoms with E-state index in [-0.39, 0.29) is 18.4 Å². The Morgan fingerprint density at radius 1 is 0.691 bits per heavy atom. The molecular formula is C38H42N6O8S3. The maximum absolute atomic E-state index is 13.9. The van der Waals surface area contributed by atoms with Gasteiger partial charge in [0, 0.05) is 29.5 Å². The monoisotopic (exact) mass is 806 g/mol. The number of aliphatic carboxylic acids is 2. The van der Waals surface area contributed by atoms with E-state index in [2.05, 4.69) is 21.3 Å². The number of hydrogen-bond acceptors (Lipinski definition) is 11. The summed E-state index contributed by atoms with van der Waals surface area (Å²) in [4.78, 5) is 81.6. The number of β-lactam (4-membered cyclic amide) rings is 2. The predicted molar refractivity (Wildman–Crippen MR) is 208 cm³/mol. The van der Waals surface area contributed by atoms with Crippen LogP contribution >= 0.6 is 34.9 Å². The number of fused-ring (bicyclic) bond motifs is 2. The minimum Gasteiger partial charge on any atom is -0.480 e. The summed E-state index contributed by atoms with van der Waals surface area (Å²) in [5.41, 5.74) is 2.28. The average Bonchev–Trinajstić information content (AvgIpc) is 3.63.